The number of rotatable bonds is 10. The summed E-state index contributed by atoms with van der Waals surface area (Å²) in [6.07, 6.45) is 0.256. The molecule has 0 fully saturated rings. The third kappa shape index (κ3) is 6.89. The summed E-state index contributed by atoms with van der Waals surface area (Å²) in [6, 6.07) is 9.46. The molecule has 0 aliphatic carbocycles. The molecule has 0 saturated carbocycles. The van der Waals surface area contributed by atoms with E-state index in [-0.39, 0.29) is 40.4 Å². The maximum absolute atomic E-state index is 13.3. The van der Waals surface area contributed by atoms with E-state index in [0.29, 0.717) is 23.1 Å². The summed E-state index contributed by atoms with van der Waals surface area (Å²) in [5.41, 5.74) is 0.983. The normalized spacial score (nSPS) is 11.8. The summed E-state index contributed by atoms with van der Waals surface area (Å²) in [4.78, 5) is 25.5. The molecule has 0 aromatic heterocycles. The van der Waals surface area contributed by atoms with E-state index in [1.54, 1.807) is 47.1 Å². The monoisotopic (exact) mass is 577 g/mol. The molecule has 2 aromatic carbocycles. The fourth-order valence-corrected chi connectivity index (χ4v) is 4.19. The molecule has 0 unspecified atom stereocenters. The first kappa shape index (κ1) is 26.0. The molecular weight excluding hydrogens is 551 g/mol. The number of benzene rings is 2. The summed E-state index contributed by atoms with van der Waals surface area (Å²) in [5, 5.41) is 10.6. The van der Waals surface area contributed by atoms with Gasteiger partial charge in [-0.3, -0.25) is 17.7 Å². The van der Waals surface area contributed by atoms with E-state index in [1.807, 2.05) is 14.1 Å². The SMILES string of the molecule is COc1cc(C[N+](C)(C)CCCS(=O)(=O)O)cc(C(=O)c2ccccc2C(=O)NI)c1O. The molecule has 0 saturated heterocycles. The van der Waals surface area contributed by atoms with Crippen LogP contribution in [0.1, 0.15) is 38.3 Å². The Kier molecular flexibility index (Phi) is 8.62. The Bertz CT molecular complexity index is 1120. The quantitative estimate of drug-likeness (QED) is 0.130. The minimum atomic E-state index is -4.04. The number of hydrogen-bond acceptors (Lipinski definition) is 6. The largest absolute Gasteiger partial charge is 0.504 e. The van der Waals surface area contributed by atoms with E-state index in [4.69, 9.17) is 9.29 Å². The third-order valence-corrected chi connectivity index (χ3v) is 6.17. The van der Waals surface area contributed by atoms with Gasteiger partial charge >= 0.3 is 0 Å². The van der Waals surface area contributed by atoms with Crippen LogP contribution in [0.2, 0.25) is 0 Å². The number of methoxy groups -OCH3 is 1. The fourth-order valence-electron chi connectivity index (χ4n) is 3.41. The first-order chi connectivity index (χ1) is 14.9. The number of hydrogen-bond donors (Lipinski definition) is 3. The lowest BCUT2D eigenvalue weighted by Gasteiger charge is -2.30. The smallest absolute Gasteiger partial charge is 0.265 e. The zero-order chi connectivity index (χ0) is 24.1. The molecule has 11 heteroatoms. The Morgan fingerprint density at radius 3 is 2.31 bits per heavy atom. The Morgan fingerprint density at radius 2 is 1.75 bits per heavy atom. The lowest BCUT2D eigenvalue weighted by molar-refractivity contribution is -0.903. The first-order valence-electron chi connectivity index (χ1n) is 9.60. The molecule has 3 N–H and O–H groups in total. The molecule has 2 aromatic rings. The second-order valence-electron chi connectivity index (χ2n) is 7.95. The van der Waals surface area contributed by atoms with Gasteiger partial charge < -0.3 is 14.3 Å². The number of quaternary nitrogens is 1. The number of nitrogens with one attached hydrogen (secondary N) is 1. The average molecular weight is 577 g/mol. The van der Waals surface area contributed by atoms with Crippen LogP contribution in [0, 0.1) is 0 Å². The molecule has 0 radical (unpaired) electrons. The van der Waals surface area contributed by atoms with Gasteiger partial charge in [-0.1, -0.05) is 18.2 Å². The average Bonchev–Trinajstić information content (AvgIpc) is 2.72. The van der Waals surface area contributed by atoms with Gasteiger partial charge in [0.1, 0.15) is 6.54 Å². The van der Waals surface area contributed by atoms with Gasteiger partial charge in [-0.05, 0) is 18.2 Å². The van der Waals surface area contributed by atoms with Gasteiger partial charge in [0, 0.05) is 17.5 Å². The van der Waals surface area contributed by atoms with Crippen molar-refractivity contribution in [2.24, 2.45) is 0 Å². The molecule has 0 spiro atoms. The van der Waals surface area contributed by atoms with Crippen molar-refractivity contribution in [3.05, 3.63) is 58.7 Å². The maximum atomic E-state index is 13.3. The van der Waals surface area contributed by atoms with Gasteiger partial charge in [-0.25, -0.2) is 0 Å². The van der Waals surface area contributed by atoms with Crippen LogP contribution in [0.5, 0.6) is 11.5 Å². The summed E-state index contributed by atoms with van der Waals surface area (Å²) in [7, 11) is 1.09. The molecule has 0 bridgehead atoms. The second kappa shape index (κ2) is 10.6. The highest BCUT2D eigenvalue weighted by Crippen LogP contribution is 2.34. The zero-order valence-corrected chi connectivity index (χ0v) is 20.9. The van der Waals surface area contributed by atoms with Gasteiger partial charge in [-0.15, -0.1) is 0 Å². The number of phenols is 1. The van der Waals surface area contributed by atoms with Crippen molar-refractivity contribution >= 4 is 44.7 Å². The van der Waals surface area contributed by atoms with E-state index in [9.17, 15) is 23.1 Å². The minimum absolute atomic E-state index is 0.00834. The molecule has 0 aliphatic rings. The number of aromatic hydroxyl groups is 1. The molecule has 1 amide bonds. The number of halogens is 1. The van der Waals surface area contributed by atoms with Gasteiger partial charge in [-0.2, -0.15) is 8.42 Å². The topological polar surface area (TPSA) is 130 Å². The Balaban J connectivity index is 2.41. The lowest BCUT2D eigenvalue weighted by atomic mass is 9.95. The van der Waals surface area contributed by atoms with Gasteiger partial charge in [0.25, 0.3) is 16.0 Å². The van der Waals surface area contributed by atoms with Crippen LogP contribution in [0.15, 0.2) is 36.4 Å². The highest BCUT2D eigenvalue weighted by molar-refractivity contribution is 14.1. The molecule has 0 aliphatic heterocycles. The highest BCUT2D eigenvalue weighted by Gasteiger charge is 2.25. The molecule has 174 valence electrons. The first-order valence-corrected chi connectivity index (χ1v) is 12.3. The lowest BCUT2D eigenvalue weighted by Crippen LogP contribution is -2.40. The summed E-state index contributed by atoms with van der Waals surface area (Å²) in [6.45, 7) is 0.850. The molecular formula is C21H26IN2O7S+. The van der Waals surface area contributed by atoms with E-state index in [0.717, 1.165) is 0 Å². The van der Waals surface area contributed by atoms with Crippen LogP contribution >= 0.6 is 22.9 Å². The number of carbonyl (C=O) groups is 2. The molecule has 0 heterocycles. The predicted molar refractivity (Wildman–Crippen MR) is 128 cm³/mol. The predicted octanol–water partition coefficient (Wildman–Crippen LogP) is 2.57. The van der Waals surface area contributed by atoms with Crippen LogP contribution in [0.25, 0.3) is 0 Å². The van der Waals surface area contributed by atoms with E-state index >= 15 is 0 Å². The second-order valence-corrected chi connectivity index (χ2v) is 10.1. The zero-order valence-electron chi connectivity index (χ0n) is 18.0. The van der Waals surface area contributed by atoms with Crippen LogP contribution in [0.3, 0.4) is 0 Å². The van der Waals surface area contributed by atoms with Gasteiger partial charge in [0.05, 0.1) is 67.5 Å². The van der Waals surface area contributed by atoms with Crippen LogP contribution < -0.4 is 8.27 Å². The Hall–Kier alpha value is -2.22. The minimum Gasteiger partial charge on any atom is -0.504 e. The van der Waals surface area contributed by atoms with Crippen LogP contribution in [-0.4, -0.2) is 67.8 Å². The Labute approximate surface area is 201 Å². The van der Waals surface area contributed by atoms with Crippen molar-refractivity contribution in [1.82, 2.24) is 3.53 Å². The van der Waals surface area contributed by atoms with Crippen molar-refractivity contribution < 1.29 is 36.9 Å². The number of nitrogens with zero attached hydrogens (tertiary/aromatic N) is 1. The van der Waals surface area contributed by atoms with Crippen molar-refractivity contribution in [3.63, 3.8) is 0 Å². The number of carbonyl (C=O) groups excluding carboxylic acids is 2. The Morgan fingerprint density at radius 1 is 1.12 bits per heavy atom. The van der Waals surface area contributed by atoms with Crippen molar-refractivity contribution in [2.45, 2.75) is 13.0 Å². The summed E-state index contributed by atoms with van der Waals surface area (Å²) in [5.74, 6) is -1.53. The standard InChI is InChI=1S/C21H25IN2O7S/c1-24(2,9-6-10-32(28,29)30)13-14-11-17(20(26)18(12-14)31-3)19(25)15-7-4-5-8-16(15)21(27)23-22/h4-5,7-8,11-12H,6,9-10,13H2,1-3H3,(H2-,23,25,26,27,28,29,30)/p+1. The van der Waals surface area contributed by atoms with Crippen molar-refractivity contribution in [2.75, 3.05) is 33.5 Å². The van der Waals surface area contributed by atoms with Crippen LogP contribution in [0.4, 0.5) is 0 Å². The molecule has 0 atom stereocenters. The molecule has 32 heavy (non-hydrogen) atoms. The maximum Gasteiger partial charge on any atom is 0.265 e. The van der Waals surface area contributed by atoms with Crippen molar-refractivity contribution in [1.29, 1.82) is 0 Å². The van der Waals surface area contributed by atoms with E-state index < -0.39 is 21.8 Å². The third-order valence-electron chi connectivity index (χ3n) is 4.88. The summed E-state index contributed by atoms with van der Waals surface area (Å²) >= 11 is 1.69. The molecule has 9 nitrogen and oxygen atoms in total. The summed E-state index contributed by atoms with van der Waals surface area (Å²) < 4.78 is 39.0. The van der Waals surface area contributed by atoms with E-state index in [2.05, 4.69) is 3.53 Å². The van der Waals surface area contributed by atoms with Crippen molar-refractivity contribution in [3.8, 4) is 11.5 Å². The van der Waals surface area contributed by atoms with E-state index in [1.165, 1.54) is 19.2 Å². The number of ether oxygens (including phenoxy) is 1. The number of phenolic OH excluding ortho intramolecular Hbond substituents is 1. The highest BCUT2D eigenvalue weighted by atomic mass is 127. The van der Waals surface area contributed by atoms with Gasteiger partial charge in [0.15, 0.2) is 17.3 Å². The fraction of sp³-hybridized carbons (Fsp3) is 0.333. The van der Waals surface area contributed by atoms with Gasteiger partial charge in [0.2, 0.25) is 0 Å². The van der Waals surface area contributed by atoms with Crippen LogP contribution in [-0.2, 0) is 16.7 Å². The number of ketones is 1. The molecule has 2 rings (SSSR count). The number of amides is 1.